The summed E-state index contributed by atoms with van der Waals surface area (Å²) < 4.78 is 42.4. The molecule has 0 radical (unpaired) electrons. The molecule has 4 rings (SSSR count). The Bertz CT molecular complexity index is 898. The summed E-state index contributed by atoms with van der Waals surface area (Å²) >= 11 is 0. The lowest BCUT2D eigenvalue weighted by Crippen LogP contribution is -2.33. The summed E-state index contributed by atoms with van der Waals surface area (Å²) in [5.74, 6) is 0.162. The van der Waals surface area contributed by atoms with Gasteiger partial charge in [0.25, 0.3) is 0 Å². The Hall–Kier alpha value is -1.77. The van der Waals surface area contributed by atoms with E-state index in [1.165, 1.54) is 23.1 Å². The van der Waals surface area contributed by atoms with Crippen LogP contribution in [-0.4, -0.2) is 54.1 Å². The van der Waals surface area contributed by atoms with Gasteiger partial charge in [0.1, 0.15) is 10.7 Å². The number of fused-ring (bicyclic) bond motifs is 1. The van der Waals surface area contributed by atoms with Crippen LogP contribution < -0.4 is 0 Å². The Balaban J connectivity index is 1.61. The molecule has 2 fully saturated rings. The highest BCUT2D eigenvalue weighted by molar-refractivity contribution is 7.89. The Kier molecular flexibility index (Phi) is 3.93. The number of benzene rings is 1. The van der Waals surface area contributed by atoms with Crippen LogP contribution in [0.3, 0.4) is 0 Å². The first kappa shape index (κ1) is 16.7. The van der Waals surface area contributed by atoms with Crippen molar-refractivity contribution in [3.8, 4) is 0 Å². The van der Waals surface area contributed by atoms with Crippen molar-refractivity contribution in [3.63, 3.8) is 0 Å². The number of aryl methyl sites for hydroxylation is 1. The molecule has 25 heavy (non-hydrogen) atoms. The van der Waals surface area contributed by atoms with Gasteiger partial charge in [0.15, 0.2) is 0 Å². The molecule has 6 nitrogen and oxygen atoms in total. The van der Waals surface area contributed by atoms with Crippen molar-refractivity contribution in [2.45, 2.75) is 10.9 Å². The molecule has 3 heterocycles. The maximum absolute atomic E-state index is 13.6. The van der Waals surface area contributed by atoms with E-state index < -0.39 is 10.0 Å². The summed E-state index contributed by atoms with van der Waals surface area (Å²) in [5.41, 5.74) is 0.913. The van der Waals surface area contributed by atoms with Gasteiger partial charge in [0.05, 0.1) is 6.20 Å². The lowest BCUT2D eigenvalue weighted by Gasteiger charge is -2.26. The van der Waals surface area contributed by atoms with Gasteiger partial charge in [0, 0.05) is 38.9 Å². The summed E-state index contributed by atoms with van der Waals surface area (Å²) in [4.78, 5) is 2.43. The standard InChI is InChI=1S/C17H21FN4O2S/c1-20-8-13-9-22(25(23,24)15-7-19-21(2)10-15)11-16(13)17(20)12-4-3-5-14(18)6-12/h3-7,10,13,16-17H,8-9,11H2,1-2H3/t13-,16+,17-/m0/s1. The summed E-state index contributed by atoms with van der Waals surface area (Å²) in [6.07, 6.45) is 2.92. The lowest BCUT2D eigenvalue weighted by atomic mass is 9.89. The van der Waals surface area contributed by atoms with Gasteiger partial charge < -0.3 is 0 Å². The van der Waals surface area contributed by atoms with E-state index in [9.17, 15) is 12.8 Å². The second kappa shape index (κ2) is 5.89. The van der Waals surface area contributed by atoms with E-state index in [1.807, 2.05) is 13.1 Å². The average molecular weight is 364 g/mol. The van der Waals surface area contributed by atoms with Gasteiger partial charge in [-0.3, -0.25) is 9.58 Å². The van der Waals surface area contributed by atoms with Crippen LogP contribution in [0.5, 0.6) is 0 Å². The van der Waals surface area contributed by atoms with Crippen molar-refractivity contribution < 1.29 is 12.8 Å². The Labute approximate surface area is 146 Å². The van der Waals surface area contributed by atoms with Gasteiger partial charge in [-0.2, -0.15) is 9.40 Å². The van der Waals surface area contributed by atoms with Gasteiger partial charge in [0.2, 0.25) is 10.0 Å². The fourth-order valence-corrected chi connectivity index (χ4v) is 5.81. The number of likely N-dealkylation sites (tertiary alicyclic amines) is 1. The highest BCUT2D eigenvalue weighted by Gasteiger charge is 2.49. The minimum absolute atomic E-state index is 0.0369. The highest BCUT2D eigenvalue weighted by Crippen LogP contribution is 2.45. The van der Waals surface area contributed by atoms with Crippen LogP contribution in [0.15, 0.2) is 41.6 Å². The number of sulfonamides is 1. The predicted octanol–water partition coefficient (Wildman–Crippen LogP) is 1.48. The van der Waals surface area contributed by atoms with Gasteiger partial charge in [-0.1, -0.05) is 12.1 Å². The number of rotatable bonds is 3. The van der Waals surface area contributed by atoms with Crippen LogP contribution in [-0.2, 0) is 17.1 Å². The van der Waals surface area contributed by atoms with Crippen molar-refractivity contribution in [3.05, 3.63) is 48.0 Å². The molecule has 1 aromatic heterocycles. The number of aromatic nitrogens is 2. The van der Waals surface area contributed by atoms with E-state index in [4.69, 9.17) is 0 Å². The largest absolute Gasteiger partial charge is 0.299 e. The first-order valence-electron chi connectivity index (χ1n) is 8.31. The number of nitrogens with zero attached hydrogens (tertiary/aromatic N) is 4. The molecule has 2 aliphatic rings. The second-order valence-electron chi connectivity index (χ2n) is 7.04. The highest BCUT2D eigenvalue weighted by atomic mass is 32.2. The second-order valence-corrected chi connectivity index (χ2v) is 8.97. The molecule has 0 N–H and O–H groups in total. The zero-order chi connectivity index (χ0) is 17.8. The molecule has 0 spiro atoms. The van der Waals surface area contributed by atoms with Gasteiger partial charge >= 0.3 is 0 Å². The smallest absolute Gasteiger partial charge is 0.246 e. The molecule has 0 amide bonds. The number of hydrogen-bond donors (Lipinski definition) is 0. The minimum atomic E-state index is -3.53. The molecular formula is C17H21FN4O2S. The number of halogens is 1. The summed E-state index contributed by atoms with van der Waals surface area (Å²) in [7, 11) is 0.189. The third-order valence-electron chi connectivity index (χ3n) is 5.37. The summed E-state index contributed by atoms with van der Waals surface area (Å²) in [6, 6.07) is 6.66. The molecule has 2 saturated heterocycles. The maximum Gasteiger partial charge on any atom is 0.246 e. The van der Waals surface area contributed by atoms with Gasteiger partial charge in [-0.25, -0.2) is 12.8 Å². The molecule has 2 aromatic rings. The molecule has 0 aliphatic carbocycles. The van der Waals surface area contributed by atoms with Crippen molar-refractivity contribution in [2.75, 3.05) is 26.7 Å². The fraction of sp³-hybridized carbons (Fsp3) is 0.471. The minimum Gasteiger partial charge on any atom is -0.299 e. The monoisotopic (exact) mass is 364 g/mol. The number of hydrogen-bond acceptors (Lipinski definition) is 4. The molecule has 0 saturated carbocycles. The van der Waals surface area contributed by atoms with Crippen LogP contribution >= 0.6 is 0 Å². The Morgan fingerprint density at radius 3 is 2.68 bits per heavy atom. The third kappa shape index (κ3) is 2.78. The van der Waals surface area contributed by atoms with Crippen LogP contribution in [0.1, 0.15) is 11.6 Å². The normalized spacial score (nSPS) is 27.7. The van der Waals surface area contributed by atoms with E-state index in [2.05, 4.69) is 10.00 Å². The molecule has 2 aliphatic heterocycles. The van der Waals surface area contributed by atoms with Crippen LogP contribution in [0.25, 0.3) is 0 Å². The zero-order valence-corrected chi connectivity index (χ0v) is 15.0. The molecule has 0 unspecified atom stereocenters. The summed E-state index contributed by atoms with van der Waals surface area (Å²) in [6.45, 7) is 1.76. The zero-order valence-electron chi connectivity index (χ0n) is 14.2. The van der Waals surface area contributed by atoms with Crippen LogP contribution in [0, 0.1) is 17.7 Å². The molecule has 3 atom stereocenters. The fourth-order valence-electron chi connectivity index (χ4n) is 4.29. The van der Waals surface area contributed by atoms with Gasteiger partial charge in [-0.15, -0.1) is 0 Å². The SMILES string of the molecule is CN1C[C@H]2CN(S(=O)(=O)c3cnn(C)c3)C[C@H]2[C@@H]1c1cccc(F)c1. The molecule has 0 bridgehead atoms. The molecular weight excluding hydrogens is 343 g/mol. The van der Waals surface area contributed by atoms with E-state index in [0.29, 0.717) is 13.1 Å². The quantitative estimate of drug-likeness (QED) is 0.828. The first-order chi connectivity index (χ1) is 11.9. The van der Waals surface area contributed by atoms with E-state index in [0.717, 1.165) is 12.1 Å². The van der Waals surface area contributed by atoms with Crippen LogP contribution in [0.4, 0.5) is 4.39 Å². The van der Waals surface area contributed by atoms with Crippen molar-refractivity contribution in [1.82, 2.24) is 19.0 Å². The topological polar surface area (TPSA) is 58.4 Å². The van der Waals surface area contributed by atoms with E-state index >= 15 is 0 Å². The Morgan fingerprint density at radius 2 is 2.00 bits per heavy atom. The molecule has 134 valence electrons. The summed E-state index contributed by atoms with van der Waals surface area (Å²) in [5, 5.41) is 3.97. The van der Waals surface area contributed by atoms with E-state index in [-0.39, 0.29) is 28.6 Å². The van der Waals surface area contributed by atoms with Gasteiger partial charge in [-0.05, 0) is 36.6 Å². The van der Waals surface area contributed by atoms with Crippen molar-refractivity contribution >= 4 is 10.0 Å². The predicted molar refractivity (Wildman–Crippen MR) is 90.7 cm³/mol. The average Bonchev–Trinajstić information content (AvgIpc) is 3.21. The first-order valence-corrected chi connectivity index (χ1v) is 9.75. The Morgan fingerprint density at radius 1 is 1.20 bits per heavy atom. The lowest BCUT2D eigenvalue weighted by molar-refractivity contribution is 0.260. The van der Waals surface area contributed by atoms with Crippen LogP contribution in [0.2, 0.25) is 0 Å². The molecule has 8 heteroatoms. The van der Waals surface area contributed by atoms with Crippen molar-refractivity contribution in [2.24, 2.45) is 18.9 Å². The van der Waals surface area contributed by atoms with Crippen molar-refractivity contribution in [1.29, 1.82) is 0 Å². The maximum atomic E-state index is 13.6. The van der Waals surface area contributed by atoms with E-state index in [1.54, 1.807) is 23.5 Å². The third-order valence-corrected chi connectivity index (χ3v) is 7.15. The molecule has 1 aromatic carbocycles.